The van der Waals surface area contributed by atoms with Crippen LogP contribution >= 0.6 is 0 Å². The third-order valence-corrected chi connectivity index (χ3v) is 14.4. The van der Waals surface area contributed by atoms with Crippen LogP contribution in [0.5, 0.6) is 0 Å². The Morgan fingerprint density at radius 1 is 0.260 bits per heavy atom. The van der Waals surface area contributed by atoms with Crippen molar-refractivity contribution in [3.8, 4) is 84.2 Å². The highest BCUT2D eigenvalue weighted by Crippen LogP contribution is 2.46. The van der Waals surface area contributed by atoms with Crippen molar-refractivity contribution < 1.29 is 0 Å². The predicted octanol–water partition coefficient (Wildman–Crippen LogP) is 18.1. The Hall–Kier alpha value is -9.77. The van der Waals surface area contributed by atoms with E-state index in [4.69, 9.17) is 15.0 Å². The first-order valence-electron chi connectivity index (χ1n) is 24.8. The quantitative estimate of drug-likeness (QED) is 0.143. The minimum atomic E-state index is 0.668. The van der Waals surface area contributed by atoms with E-state index in [9.17, 15) is 0 Å². The maximum atomic E-state index is 5.62. The molecule has 0 fully saturated rings. The van der Waals surface area contributed by atoms with Crippen LogP contribution in [0.4, 0.5) is 0 Å². The van der Waals surface area contributed by atoms with Crippen LogP contribution in [0.2, 0.25) is 0 Å². The molecule has 0 amide bonds. The van der Waals surface area contributed by atoms with Crippen molar-refractivity contribution >= 4 is 54.3 Å². The van der Waals surface area contributed by atoms with Gasteiger partial charge in [-0.1, -0.05) is 231 Å². The number of fused-ring (bicyclic) bond motifs is 9. The van der Waals surface area contributed by atoms with Crippen molar-refractivity contribution in [3.63, 3.8) is 0 Å². The zero-order chi connectivity index (χ0) is 48.2. The van der Waals surface area contributed by atoms with Crippen LogP contribution in [0.25, 0.3) is 138 Å². The average Bonchev–Trinajstić information content (AvgIpc) is 3.83. The Morgan fingerprint density at radius 2 is 0.726 bits per heavy atom. The van der Waals surface area contributed by atoms with Gasteiger partial charge in [-0.3, -0.25) is 0 Å². The molecule has 0 atom stereocenters. The van der Waals surface area contributed by atoms with Gasteiger partial charge in [0.25, 0.3) is 0 Å². The molecule has 4 heteroatoms. The fourth-order valence-electron chi connectivity index (χ4n) is 10.9. The fraction of sp³-hybridized carbons (Fsp3) is 0. The minimum Gasteiger partial charge on any atom is -0.309 e. The van der Waals surface area contributed by atoms with Crippen molar-refractivity contribution in [3.05, 3.63) is 267 Å². The predicted molar refractivity (Wildman–Crippen MR) is 305 cm³/mol. The second kappa shape index (κ2) is 17.6. The SMILES string of the molecule is c1ccc(-c2ccc(-c3cc(-c4ccc(-c5ccccc5)cc4)nc(-c4ccc(-c5cc6nc(-c7ccccc7)c7ccc8c(c9ccccc9n8-c8ccccc8)c7c6c6ccccc56)cc4)n3)cc2)cc1. The van der Waals surface area contributed by atoms with Crippen LogP contribution in [-0.2, 0) is 0 Å². The van der Waals surface area contributed by atoms with Crippen molar-refractivity contribution in [2.75, 3.05) is 0 Å². The summed E-state index contributed by atoms with van der Waals surface area (Å²) in [5, 5.41) is 8.26. The van der Waals surface area contributed by atoms with Gasteiger partial charge in [0, 0.05) is 54.9 Å². The summed E-state index contributed by atoms with van der Waals surface area (Å²) >= 11 is 0. The zero-order valence-electron chi connectivity index (χ0n) is 39.7. The molecular formula is C69H44N4. The molecule has 0 aliphatic carbocycles. The Labute approximate surface area is 422 Å². The average molecular weight is 929 g/mol. The van der Waals surface area contributed by atoms with Crippen LogP contribution in [0.1, 0.15) is 0 Å². The lowest BCUT2D eigenvalue weighted by Gasteiger charge is -2.17. The molecule has 0 aliphatic heterocycles. The Balaban J connectivity index is 0.936. The summed E-state index contributed by atoms with van der Waals surface area (Å²) in [6.45, 7) is 0. The lowest BCUT2D eigenvalue weighted by molar-refractivity contribution is 1.18. The molecule has 340 valence electrons. The van der Waals surface area contributed by atoms with Gasteiger partial charge in [-0.25, -0.2) is 15.0 Å². The summed E-state index contributed by atoms with van der Waals surface area (Å²) in [5.74, 6) is 0.668. The van der Waals surface area contributed by atoms with Crippen molar-refractivity contribution in [1.29, 1.82) is 0 Å². The molecule has 73 heavy (non-hydrogen) atoms. The highest BCUT2D eigenvalue weighted by Gasteiger charge is 2.22. The molecule has 11 aromatic carbocycles. The van der Waals surface area contributed by atoms with E-state index in [0.717, 1.165) is 94.5 Å². The number of hydrogen-bond acceptors (Lipinski definition) is 3. The first-order valence-corrected chi connectivity index (χ1v) is 24.8. The Morgan fingerprint density at radius 3 is 1.33 bits per heavy atom. The van der Waals surface area contributed by atoms with Crippen LogP contribution in [0, 0.1) is 0 Å². The third-order valence-electron chi connectivity index (χ3n) is 14.4. The molecule has 0 saturated carbocycles. The lowest BCUT2D eigenvalue weighted by Crippen LogP contribution is -1.96. The topological polar surface area (TPSA) is 43.6 Å². The first kappa shape index (κ1) is 42.1. The van der Waals surface area contributed by atoms with Crippen molar-refractivity contribution in [2.45, 2.75) is 0 Å². The van der Waals surface area contributed by atoms with Crippen LogP contribution in [0.15, 0.2) is 267 Å². The second-order valence-corrected chi connectivity index (χ2v) is 18.7. The van der Waals surface area contributed by atoms with Crippen molar-refractivity contribution in [1.82, 2.24) is 19.5 Å². The summed E-state index contributed by atoms with van der Waals surface area (Å²) in [5.41, 5.74) is 18.1. The van der Waals surface area contributed by atoms with E-state index >= 15 is 0 Å². The molecule has 0 aliphatic rings. The summed E-state index contributed by atoms with van der Waals surface area (Å²) < 4.78 is 2.41. The number of hydrogen-bond donors (Lipinski definition) is 0. The van der Waals surface area contributed by atoms with E-state index < -0.39 is 0 Å². The number of benzene rings is 11. The number of pyridine rings is 1. The molecule has 0 spiro atoms. The monoisotopic (exact) mass is 928 g/mol. The maximum Gasteiger partial charge on any atom is 0.160 e. The number of para-hydroxylation sites is 2. The van der Waals surface area contributed by atoms with Gasteiger partial charge in [0.1, 0.15) is 0 Å². The molecular weight excluding hydrogens is 885 g/mol. The molecule has 0 saturated heterocycles. The van der Waals surface area contributed by atoms with E-state index in [0.29, 0.717) is 5.82 Å². The number of aromatic nitrogens is 4. The van der Waals surface area contributed by atoms with Gasteiger partial charge in [0.15, 0.2) is 5.82 Å². The van der Waals surface area contributed by atoms with Crippen LogP contribution in [0.3, 0.4) is 0 Å². The van der Waals surface area contributed by atoms with Gasteiger partial charge in [0.2, 0.25) is 0 Å². The van der Waals surface area contributed by atoms with E-state index in [1.54, 1.807) is 0 Å². The molecule has 0 radical (unpaired) electrons. The summed E-state index contributed by atoms with van der Waals surface area (Å²) in [6.07, 6.45) is 0. The molecule has 0 unspecified atom stereocenters. The van der Waals surface area contributed by atoms with E-state index in [1.807, 2.05) is 0 Å². The molecule has 0 bridgehead atoms. The highest BCUT2D eigenvalue weighted by atomic mass is 15.0. The van der Waals surface area contributed by atoms with Gasteiger partial charge in [-0.05, 0) is 80.6 Å². The summed E-state index contributed by atoms with van der Waals surface area (Å²) in [6, 6.07) is 95.1. The highest BCUT2D eigenvalue weighted by molar-refractivity contribution is 6.34. The van der Waals surface area contributed by atoms with Gasteiger partial charge in [0.05, 0.1) is 33.6 Å². The van der Waals surface area contributed by atoms with Crippen molar-refractivity contribution in [2.24, 2.45) is 0 Å². The molecule has 14 aromatic rings. The van der Waals surface area contributed by atoms with E-state index in [1.165, 1.54) is 38.2 Å². The number of nitrogens with zero attached hydrogens (tertiary/aromatic N) is 4. The minimum absolute atomic E-state index is 0.668. The fourth-order valence-corrected chi connectivity index (χ4v) is 10.9. The zero-order valence-corrected chi connectivity index (χ0v) is 39.7. The standard InChI is InChI=1S/C69H44N4/c1-5-17-45(18-6-1)47-29-35-50(36-30-47)60-44-61(51-37-31-48(32-38-51)46-19-7-2-8-20-46)72-69(71-60)53-39-33-49(34-40-53)59-43-62-65(56-26-14-13-25-55(56)59)67-58(68(70-62)52-21-9-3-10-22-52)41-42-64-66(67)57-27-15-16-28-63(57)73(64)54-23-11-4-12-24-54/h1-44H. The van der Waals surface area contributed by atoms with Gasteiger partial charge >= 0.3 is 0 Å². The Kier molecular flexibility index (Phi) is 10.1. The smallest absolute Gasteiger partial charge is 0.160 e. The van der Waals surface area contributed by atoms with E-state index in [-0.39, 0.29) is 0 Å². The van der Waals surface area contributed by atoms with Gasteiger partial charge in [-0.2, -0.15) is 0 Å². The first-order chi connectivity index (χ1) is 36.2. The van der Waals surface area contributed by atoms with Crippen LogP contribution < -0.4 is 0 Å². The molecule has 3 heterocycles. The molecule has 3 aromatic heterocycles. The second-order valence-electron chi connectivity index (χ2n) is 18.7. The third kappa shape index (κ3) is 7.35. The van der Waals surface area contributed by atoms with E-state index in [2.05, 4.69) is 271 Å². The largest absolute Gasteiger partial charge is 0.309 e. The lowest BCUT2D eigenvalue weighted by atomic mass is 9.90. The Bertz CT molecular complexity index is 4260. The summed E-state index contributed by atoms with van der Waals surface area (Å²) in [7, 11) is 0. The maximum absolute atomic E-state index is 5.62. The number of rotatable bonds is 8. The van der Waals surface area contributed by atoms with Gasteiger partial charge < -0.3 is 4.57 Å². The van der Waals surface area contributed by atoms with Gasteiger partial charge in [-0.15, -0.1) is 0 Å². The normalized spacial score (nSPS) is 11.6. The molecule has 0 N–H and O–H groups in total. The molecule has 14 rings (SSSR count). The van der Waals surface area contributed by atoms with Crippen LogP contribution in [-0.4, -0.2) is 19.5 Å². The molecule has 4 nitrogen and oxygen atoms in total. The summed E-state index contributed by atoms with van der Waals surface area (Å²) in [4.78, 5) is 16.2.